The van der Waals surface area contributed by atoms with Crippen LogP contribution in [0.25, 0.3) is 0 Å². The molecule has 0 saturated heterocycles. The lowest BCUT2D eigenvalue weighted by molar-refractivity contribution is -0.131. The van der Waals surface area contributed by atoms with Crippen molar-refractivity contribution in [3.63, 3.8) is 0 Å². The maximum absolute atomic E-state index is 13.4. The summed E-state index contributed by atoms with van der Waals surface area (Å²) in [6, 6.07) is 16.4. The monoisotopic (exact) mass is 784 g/mol. The minimum atomic E-state index is -0.549. The molecule has 6 nitrogen and oxygen atoms in total. The molecule has 2 N–H and O–H groups in total. The quantitative estimate of drug-likeness (QED) is 0.107. The second kappa shape index (κ2) is 15.6. The topological polar surface area (TPSA) is 93.1 Å². The molecule has 0 radical (unpaired) electrons. The summed E-state index contributed by atoms with van der Waals surface area (Å²) in [5.41, 5.74) is 9.10. The largest absolute Gasteiger partial charge is 0.507 e. The highest BCUT2D eigenvalue weighted by atomic mass is 16.5. The smallest absolute Gasteiger partial charge is 0.338 e. The molecule has 1 aliphatic rings. The number of benzene rings is 4. The summed E-state index contributed by atoms with van der Waals surface area (Å²) in [6.45, 7) is 36.7. The Labute approximate surface area is 347 Å². The first-order valence-electron chi connectivity index (χ1n) is 20.3. The standard InChI is InChI=1S/C52H64O6/c1-29(2)47(55)57-45-35-17-31-21-39(49(5,6)7)23-33(43(31)53)19-37-27-42(52(14,15)16)28-38(46(37)58-48(56)30(3)4)20-34-24-40(50(8,9)10)22-32(44(34)54)18-36(45)26-41(25-35)51(11,12)13/h21-28,53-54H,1,3,17-20H2,2,4-16H3. The minimum Gasteiger partial charge on any atom is -0.507 e. The first-order valence-corrected chi connectivity index (χ1v) is 20.3. The van der Waals surface area contributed by atoms with E-state index in [2.05, 4.69) is 121 Å². The number of hydrogen-bond donors (Lipinski definition) is 2. The minimum absolute atomic E-state index is 0.123. The van der Waals surface area contributed by atoms with Gasteiger partial charge in [-0.1, -0.05) is 145 Å². The van der Waals surface area contributed by atoms with Crippen molar-refractivity contribution in [2.24, 2.45) is 0 Å². The number of hydrogen-bond acceptors (Lipinski definition) is 6. The average Bonchev–Trinajstić information content (AvgIpc) is 3.07. The van der Waals surface area contributed by atoms with Crippen molar-refractivity contribution in [1.82, 2.24) is 0 Å². The number of carbonyl (C=O) groups excluding carboxylic acids is 2. The predicted octanol–water partition coefficient (Wildman–Crippen LogP) is 11.9. The van der Waals surface area contributed by atoms with Crippen molar-refractivity contribution in [1.29, 1.82) is 0 Å². The molecule has 0 aromatic heterocycles. The highest BCUT2D eigenvalue weighted by Gasteiger charge is 2.29. The molecule has 0 atom stereocenters. The van der Waals surface area contributed by atoms with Crippen molar-refractivity contribution in [2.75, 3.05) is 0 Å². The Hall–Kier alpha value is -5.10. The molecule has 58 heavy (non-hydrogen) atoms. The Morgan fingerprint density at radius 2 is 0.621 bits per heavy atom. The van der Waals surface area contributed by atoms with E-state index in [0.29, 0.717) is 33.8 Å². The van der Waals surface area contributed by atoms with Gasteiger partial charge >= 0.3 is 11.9 Å². The van der Waals surface area contributed by atoms with Crippen LogP contribution in [-0.4, -0.2) is 22.2 Å². The van der Waals surface area contributed by atoms with Gasteiger partial charge in [-0.2, -0.15) is 0 Å². The molecular weight excluding hydrogens is 721 g/mol. The number of esters is 2. The number of fused-ring (bicyclic) bond motifs is 8. The molecule has 0 heterocycles. The summed E-state index contributed by atoms with van der Waals surface area (Å²) < 4.78 is 12.5. The van der Waals surface area contributed by atoms with Crippen LogP contribution < -0.4 is 9.47 Å². The van der Waals surface area contributed by atoms with Crippen molar-refractivity contribution in [2.45, 2.75) is 144 Å². The van der Waals surface area contributed by atoms with E-state index >= 15 is 0 Å². The molecule has 0 fully saturated rings. The lowest BCUT2D eigenvalue weighted by Gasteiger charge is -2.28. The second-order valence-electron chi connectivity index (χ2n) is 20.6. The van der Waals surface area contributed by atoms with E-state index in [4.69, 9.17) is 9.47 Å². The van der Waals surface area contributed by atoms with Crippen LogP contribution in [-0.2, 0) is 56.9 Å². The Kier molecular flexibility index (Phi) is 11.8. The van der Waals surface area contributed by atoms with Crippen molar-refractivity contribution >= 4 is 11.9 Å². The maximum atomic E-state index is 13.4. The Balaban J connectivity index is 1.99. The average molecular weight is 785 g/mol. The van der Waals surface area contributed by atoms with Crippen molar-refractivity contribution < 1.29 is 29.3 Å². The van der Waals surface area contributed by atoms with E-state index in [9.17, 15) is 19.8 Å². The molecule has 4 aromatic rings. The van der Waals surface area contributed by atoms with Gasteiger partial charge in [-0.25, -0.2) is 9.59 Å². The van der Waals surface area contributed by atoms with E-state index < -0.39 is 11.9 Å². The van der Waals surface area contributed by atoms with Gasteiger partial charge in [-0.05, 0) is 80.0 Å². The molecule has 1 aliphatic carbocycles. The zero-order valence-corrected chi connectivity index (χ0v) is 37.4. The van der Waals surface area contributed by atoms with Crippen LogP contribution in [0.3, 0.4) is 0 Å². The van der Waals surface area contributed by atoms with Gasteiger partial charge in [0, 0.05) is 59.1 Å². The lowest BCUT2D eigenvalue weighted by Crippen LogP contribution is -2.18. The highest BCUT2D eigenvalue weighted by molar-refractivity contribution is 5.90. The number of ether oxygens (including phenoxy) is 2. The van der Waals surface area contributed by atoms with E-state index in [-0.39, 0.29) is 70.0 Å². The maximum Gasteiger partial charge on any atom is 0.338 e. The number of aromatic hydroxyl groups is 2. The number of carbonyl (C=O) groups is 2. The Morgan fingerprint density at radius 1 is 0.431 bits per heavy atom. The molecule has 8 bridgehead atoms. The van der Waals surface area contributed by atoms with Gasteiger partial charge in [0.25, 0.3) is 0 Å². The van der Waals surface area contributed by atoms with E-state index in [1.165, 1.54) is 0 Å². The van der Waals surface area contributed by atoms with E-state index in [1.807, 2.05) is 24.3 Å². The van der Waals surface area contributed by atoms with Crippen LogP contribution >= 0.6 is 0 Å². The summed E-state index contributed by atoms with van der Waals surface area (Å²) in [5, 5.41) is 24.7. The summed E-state index contributed by atoms with van der Waals surface area (Å²) in [5.74, 6) is -0.0630. The van der Waals surface area contributed by atoms with Gasteiger partial charge in [0.15, 0.2) is 0 Å². The fourth-order valence-corrected chi connectivity index (χ4v) is 7.27. The fourth-order valence-electron chi connectivity index (χ4n) is 7.27. The molecular formula is C52H64O6. The molecule has 0 aliphatic heterocycles. The molecule has 308 valence electrons. The summed E-state index contributed by atoms with van der Waals surface area (Å²) >= 11 is 0. The Morgan fingerprint density at radius 3 is 0.793 bits per heavy atom. The number of phenolic OH excluding ortho intramolecular Hbond substituents is 2. The van der Waals surface area contributed by atoms with Gasteiger partial charge in [0.2, 0.25) is 0 Å². The Bertz CT molecular complexity index is 2060. The second-order valence-corrected chi connectivity index (χ2v) is 20.6. The molecule has 5 rings (SSSR count). The van der Waals surface area contributed by atoms with Crippen LogP contribution in [0.2, 0.25) is 0 Å². The molecule has 0 amide bonds. The highest BCUT2D eigenvalue weighted by Crippen LogP contribution is 2.44. The summed E-state index contributed by atoms with van der Waals surface area (Å²) in [4.78, 5) is 26.9. The van der Waals surface area contributed by atoms with Crippen LogP contribution in [0.4, 0.5) is 0 Å². The third-order valence-corrected chi connectivity index (χ3v) is 11.1. The lowest BCUT2D eigenvalue weighted by atomic mass is 9.79. The molecule has 0 saturated carbocycles. The fraction of sp³-hybridized carbons (Fsp3) is 0.423. The van der Waals surface area contributed by atoms with Gasteiger partial charge < -0.3 is 19.7 Å². The summed E-state index contributed by atoms with van der Waals surface area (Å²) in [6.07, 6.45) is 1.01. The van der Waals surface area contributed by atoms with Crippen LogP contribution in [0.15, 0.2) is 72.8 Å². The van der Waals surface area contributed by atoms with E-state index in [0.717, 1.165) is 44.5 Å². The van der Waals surface area contributed by atoms with Crippen LogP contribution in [0.5, 0.6) is 23.0 Å². The third-order valence-electron chi connectivity index (χ3n) is 11.1. The molecule has 0 unspecified atom stereocenters. The van der Waals surface area contributed by atoms with Crippen molar-refractivity contribution in [3.8, 4) is 23.0 Å². The van der Waals surface area contributed by atoms with Gasteiger partial charge in [-0.3, -0.25) is 0 Å². The van der Waals surface area contributed by atoms with Crippen LogP contribution in [0.1, 0.15) is 164 Å². The molecule has 6 heteroatoms. The van der Waals surface area contributed by atoms with Gasteiger partial charge in [0.05, 0.1) is 0 Å². The van der Waals surface area contributed by atoms with Crippen molar-refractivity contribution in [3.05, 3.63) is 140 Å². The normalized spacial score (nSPS) is 13.5. The SMILES string of the molecule is C=C(C)C(=O)Oc1c2cc(C(C)(C)C)cc1Cc1cc(C(C)(C)C)cc(c1O)Cc1cc(C(C)(C)C)cc(c1OC(=O)C(=C)C)Cc1cc(C(C)(C)C)cc(c1O)C2. The zero-order chi connectivity index (χ0) is 43.4. The third kappa shape index (κ3) is 9.60. The predicted molar refractivity (Wildman–Crippen MR) is 236 cm³/mol. The molecule has 4 aromatic carbocycles. The zero-order valence-electron chi connectivity index (χ0n) is 37.4. The molecule has 0 spiro atoms. The number of phenols is 2. The summed E-state index contributed by atoms with van der Waals surface area (Å²) in [7, 11) is 0. The van der Waals surface area contributed by atoms with Gasteiger partial charge in [0.1, 0.15) is 23.0 Å². The van der Waals surface area contributed by atoms with Gasteiger partial charge in [-0.15, -0.1) is 0 Å². The van der Waals surface area contributed by atoms with E-state index in [1.54, 1.807) is 13.8 Å². The number of rotatable bonds is 4. The van der Waals surface area contributed by atoms with Crippen LogP contribution in [0, 0.1) is 0 Å². The first-order chi connectivity index (χ1) is 26.5. The first kappa shape index (κ1) is 44.0.